The molecule has 1 saturated heterocycles. The van der Waals surface area contributed by atoms with Gasteiger partial charge in [0, 0.05) is 30.2 Å². The van der Waals surface area contributed by atoms with Crippen molar-refractivity contribution in [2.24, 2.45) is 11.8 Å². The van der Waals surface area contributed by atoms with E-state index in [1.54, 1.807) is 0 Å². The van der Waals surface area contributed by atoms with Gasteiger partial charge in [0.2, 0.25) is 0 Å². The molecule has 0 aromatic carbocycles. The molecule has 0 amide bonds. The van der Waals surface area contributed by atoms with Crippen LogP contribution < -0.4 is 0 Å². The highest BCUT2D eigenvalue weighted by molar-refractivity contribution is 5.05. The number of fused-ring (bicyclic) bond motifs is 2. The Morgan fingerprint density at radius 2 is 1.08 bits per heavy atom. The Kier molecular flexibility index (Phi) is 5.25. The first-order valence-corrected chi connectivity index (χ1v) is 11.2. The van der Waals surface area contributed by atoms with Crippen molar-refractivity contribution < 1.29 is 0 Å². The maximum absolute atomic E-state index is 3.14. The lowest BCUT2D eigenvalue weighted by Gasteiger charge is -2.61. The smallest absolute Gasteiger partial charge is 0.0258 e. The first-order chi connectivity index (χ1) is 11.7. The average molecular weight is 333 g/mol. The minimum Gasteiger partial charge on any atom is -0.297 e. The zero-order chi connectivity index (χ0) is 16.7. The Labute approximate surface area is 150 Å². The first-order valence-electron chi connectivity index (χ1n) is 11.2. The predicted octanol–water partition coefficient (Wildman–Crippen LogP) is 5.07. The molecule has 24 heavy (non-hydrogen) atoms. The van der Waals surface area contributed by atoms with Crippen molar-refractivity contribution in [1.82, 2.24) is 9.80 Å². The molecule has 4 rings (SSSR count). The Morgan fingerprint density at radius 1 is 0.625 bits per heavy atom. The molecule has 0 aromatic rings. The monoisotopic (exact) mass is 332 g/mol. The van der Waals surface area contributed by atoms with Gasteiger partial charge in [-0.2, -0.15) is 0 Å². The standard InChI is InChI=1S/C22H40N2/c1-16(2)17-12-14-18(15-13-17)24-21-10-6-4-8-19(21)23(3)20-9-5-7-11-22(20)24/h16-22H,4-15H2,1-3H3. The summed E-state index contributed by atoms with van der Waals surface area (Å²) in [6.07, 6.45) is 17.7. The van der Waals surface area contributed by atoms with Crippen LogP contribution in [-0.2, 0) is 0 Å². The van der Waals surface area contributed by atoms with Gasteiger partial charge in [-0.3, -0.25) is 9.80 Å². The van der Waals surface area contributed by atoms with E-state index in [2.05, 4.69) is 30.7 Å². The van der Waals surface area contributed by atoms with Crippen molar-refractivity contribution >= 4 is 0 Å². The van der Waals surface area contributed by atoms with E-state index >= 15 is 0 Å². The molecule has 1 heterocycles. The maximum atomic E-state index is 3.14. The number of piperazine rings is 1. The fraction of sp³-hybridized carbons (Fsp3) is 1.00. The summed E-state index contributed by atoms with van der Waals surface area (Å²) >= 11 is 0. The predicted molar refractivity (Wildman–Crippen MR) is 102 cm³/mol. The Morgan fingerprint density at radius 3 is 1.54 bits per heavy atom. The van der Waals surface area contributed by atoms with E-state index in [-0.39, 0.29) is 0 Å². The van der Waals surface area contributed by atoms with Gasteiger partial charge in [-0.1, -0.05) is 39.5 Å². The molecule has 4 aliphatic rings. The number of hydrogen-bond donors (Lipinski definition) is 0. The SMILES string of the molecule is CC(C)C1CCC(N2C3CCCCC3N(C)C3CCCCC32)CC1. The maximum Gasteiger partial charge on any atom is 0.0258 e. The van der Waals surface area contributed by atoms with Crippen LogP contribution in [-0.4, -0.2) is 47.1 Å². The molecule has 2 heteroatoms. The van der Waals surface area contributed by atoms with Gasteiger partial charge in [-0.25, -0.2) is 0 Å². The highest BCUT2D eigenvalue weighted by Crippen LogP contribution is 2.44. The molecule has 0 radical (unpaired) electrons. The number of likely N-dealkylation sites (N-methyl/N-ethyl adjacent to an activating group) is 1. The summed E-state index contributed by atoms with van der Waals surface area (Å²) < 4.78 is 0. The summed E-state index contributed by atoms with van der Waals surface area (Å²) in [6.45, 7) is 4.88. The van der Waals surface area contributed by atoms with Gasteiger partial charge in [0.1, 0.15) is 0 Å². The van der Waals surface area contributed by atoms with Crippen LogP contribution >= 0.6 is 0 Å². The van der Waals surface area contributed by atoms with E-state index in [0.717, 1.165) is 42.0 Å². The van der Waals surface area contributed by atoms with Gasteiger partial charge in [0.25, 0.3) is 0 Å². The second kappa shape index (κ2) is 7.27. The lowest BCUT2D eigenvalue weighted by Crippen LogP contribution is -2.70. The van der Waals surface area contributed by atoms with Crippen LogP contribution in [0.4, 0.5) is 0 Å². The van der Waals surface area contributed by atoms with Gasteiger partial charge < -0.3 is 0 Å². The summed E-state index contributed by atoms with van der Waals surface area (Å²) in [5, 5.41) is 0. The lowest BCUT2D eigenvalue weighted by molar-refractivity contribution is -0.109. The minimum absolute atomic E-state index is 0.862. The molecule has 4 unspecified atom stereocenters. The van der Waals surface area contributed by atoms with Gasteiger partial charge in [-0.05, 0) is 70.3 Å². The zero-order valence-corrected chi connectivity index (χ0v) is 16.4. The summed E-state index contributed by atoms with van der Waals surface area (Å²) in [5.41, 5.74) is 0. The number of rotatable bonds is 2. The van der Waals surface area contributed by atoms with E-state index in [0.29, 0.717) is 0 Å². The molecule has 0 aromatic heterocycles. The molecule has 0 bridgehead atoms. The first kappa shape index (κ1) is 17.3. The van der Waals surface area contributed by atoms with Gasteiger partial charge in [-0.15, -0.1) is 0 Å². The third-order valence-electron chi connectivity index (χ3n) is 8.31. The summed E-state index contributed by atoms with van der Waals surface area (Å²) in [6, 6.07) is 4.39. The van der Waals surface area contributed by atoms with E-state index in [1.165, 1.54) is 77.0 Å². The van der Waals surface area contributed by atoms with Gasteiger partial charge in [0.05, 0.1) is 0 Å². The second-order valence-corrected chi connectivity index (χ2v) is 9.76. The van der Waals surface area contributed by atoms with Crippen LogP contribution in [0.15, 0.2) is 0 Å². The topological polar surface area (TPSA) is 6.48 Å². The zero-order valence-electron chi connectivity index (χ0n) is 16.4. The van der Waals surface area contributed by atoms with Crippen LogP contribution in [0.5, 0.6) is 0 Å². The van der Waals surface area contributed by atoms with E-state index < -0.39 is 0 Å². The quantitative estimate of drug-likeness (QED) is 0.696. The van der Waals surface area contributed by atoms with Crippen LogP contribution in [0.25, 0.3) is 0 Å². The van der Waals surface area contributed by atoms with Crippen molar-refractivity contribution in [2.75, 3.05) is 7.05 Å². The normalized spacial score (nSPS) is 45.0. The van der Waals surface area contributed by atoms with Crippen LogP contribution in [0.1, 0.15) is 90.9 Å². The van der Waals surface area contributed by atoms with E-state index in [4.69, 9.17) is 0 Å². The second-order valence-electron chi connectivity index (χ2n) is 9.76. The third-order valence-corrected chi connectivity index (χ3v) is 8.31. The fourth-order valence-electron chi connectivity index (χ4n) is 6.93. The highest BCUT2D eigenvalue weighted by Gasteiger charge is 2.49. The molecule has 4 atom stereocenters. The summed E-state index contributed by atoms with van der Waals surface area (Å²) in [4.78, 5) is 5.99. The minimum atomic E-state index is 0.862. The molecule has 4 fully saturated rings. The molecular weight excluding hydrogens is 292 g/mol. The Balaban J connectivity index is 1.54. The Hall–Kier alpha value is -0.0800. The van der Waals surface area contributed by atoms with E-state index in [1.807, 2.05) is 0 Å². The van der Waals surface area contributed by atoms with Crippen molar-refractivity contribution in [3.05, 3.63) is 0 Å². The van der Waals surface area contributed by atoms with Crippen LogP contribution in [0, 0.1) is 11.8 Å². The molecule has 0 spiro atoms. The third kappa shape index (κ3) is 3.07. The Bertz CT molecular complexity index is 388. The average Bonchev–Trinajstić information content (AvgIpc) is 2.62. The van der Waals surface area contributed by atoms with E-state index in [9.17, 15) is 0 Å². The van der Waals surface area contributed by atoms with Gasteiger partial charge >= 0.3 is 0 Å². The van der Waals surface area contributed by atoms with Crippen molar-refractivity contribution in [3.8, 4) is 0 Å². The fourth-order valence-corrected chi connectivity index (χ4v) is 6.93. The summed E-state index contributed by atoms with van der Waals surface area (Å²) in [5.74, 6) is 1.89. The van der Waals surface area contributed by atoms with Crippen molar-refractivity contribution in [2.45, 2.75) is 121 Å². The molecule has 2 nitrogen and oxygen atoms in total. The van der Waals surface area contributed by atoms with Crippen molar-refractivity contribution in [3.63, 3.8) is 0 Å². The van der Waals surface area contributed by atoms with Gasteiger partial charge in [0.15, 0.2) is 0 Å². The summed E-state index contributed by atoms with van der Waals surface area (Å²) in [7, 11) is 2.47. The molecular formula is C22H40N2. The largest absolute Gasteiger partial charge is 0.297 e. The molecule has 1 aliphatic heterocycles. The highest BCUT2D eigenvalue weighted by atomic mass is 15.4. The molecule has 0 N–H and O–H groups in total. The van der Waals surface area contributed by atoms with Crippen molar-refractivity contribution in [1.29, 1.82) is 0 Å². The number of nitrogens with zero attached hydrogens (tertiary/aromatic N) is 2. The molecule has 138 valence electrons. The van der Waals surface area contributed by atoms with Crippen LogP contribution in [0.2, 0.25) is 0 Å². The van der Waals surface area contributed by atoms with Crippen LogP contribution in [0.3, 0.4) is 0 Å². The lowest BCUT2D eigenvalue weighted by atomic mass is 9.73. The molecule has 3 saturated carbocycles. The number of hydrogen-bond acceptors (Lipinski definition) is 2. The molecule has 3 aliphatic carbocycles.